The van der Waals surface area contributed by atoms with Crippen molar-refractivity contribution in [1.29, 1.82) is 5.26 Å². The first-order chi connectivity index (χ1) is 11.6. The number of carbonyl (C=O) groups is 1. The van der Waals surface area contributed by atoms with Gasteiger partial charge >= 0.3 is 0 Å². The molecule has 2 aromatic rings. The van der Waals surface area contributed by atoms with Crippen LogP contribution in [-0.2, 0) is 6.42 Å². The van der Waals surface area contributed by atoms with E-state index < -0.39 is 0 Å². The molecule has 1 fully saturated rings. The number of hydrogen-bond acceptors (Lipinski definition) is 5. The summed E-state index contributed by atoms with van der Waals surface area (Å²) in [6.45, 7) is 6.88. The summed E-state index contributed by atoms with van der Waals surface area (Å²) in [4.78, 5) is 23.1. The SMILES string of the molecule is CCc1sc(C(=O)N2CCN(c3ncccc3C#N)CC2)cc1C. The number of aromatic nitrogens is 1. The molecule has 0 radical (unpaired) electrons. The zero-order chi connectivity index (χ0) is 17.1. The van der Waals surface area contributed by atoms with E-state index in [2.05, 4.69) is 29.8 Å². The number of anilines is 1. The van der Waals surface area contributed by atoms with Crippen LogP contribution in [0.3, 0.4) is 0 Å². The van der Waals surface area contributed by atoms with Gasteiger partial charge in [-0.2, -0.15) is 5.26 Å². The molecule has 0 saturated carbocycles. The molecule has 0 spiro atoms. The minimum Gasteiger partial charge on any atom is -0.352 e. The predicted octanol–water partition coefficient (Wildman–Crippen LogP) is 2.85. The Morgan fingerprint density at radius 2 is 2.12 bits per heavy atom. The molecule has 0 atom stereocenters. The first kappa shape index (κ1) is 16.5. The third kappa shape index (κ3) is 3.13. The third-order valence-electron chi connectivity index (χ3n) is 4.33. The molecule has 24 heavy (non-hydrogen) atoms. The molecule has 1 amide bonds. The second-order valence-corrected chi connectivity index (χ2v) is 6.97. The van der Waals surface area contributed by atoms with Crippen molar-refractivity contribution >= 4 is 23.1 Å². The molecule has 124 valence electrons. The van der Waals surface area contributed by atoms with Gasteiger partial charge in [-0.25, -0.2) is 4.98 Å². The molecule has 0 N–H and O–H groups in total. The van der Waals surface area contributed by atoms with Gasteiger partial charge in [0.2, 0.25) is 0 Å². The molecule has 6 heteroatoms. The van der Waals surface area contributed by atoms with E-state index in [-0.39, 0.29) is 5.91 Å². The number of thiophene rings is 1. The van der Waals surface area contributed by atoms with Crippen molar-refractivity contribution in [2.45, 2.75) is 20.3 Å². The number of piperazine rings is 1. The van der Waals surface area contributed by atoms with E-state index in [0.29, 0.717) is 37.6 Å². The monoisotopic (exact) mass is 340 g/mol. The average molecular weight is 340 g/mol. The fourth-order valence-electron chi connectivity index (χ4n) is 2.99. The van der Waals surface area contributed by atoms with Crippen molar-refractivity contribution in [1.82, 2.24) is 9.88 Å². The van der Waals surface area contributed by atoms with Crippen LogP contribution in [0.5, 0.6) is 0 Å². The number of rotatable bonds is 3. The molecule has 1 aliphatic heterocycles. The predicted molar refractivity (Wildman–Crippen MR) is 95.5 cm³/mol. The Hall–Kier alpha value is -2.39. The topological polar surface area (TPSA) is 60.2 Å². The van der Waals surface area contributed by atoms with Crippen molar-refractivity contribution in [2.24, 2.45) is 0 Å². The summed E-state index contributed by atoms with van der Waals surface area (Å²) in [7, 11) is 0. The number of hydrogen-bond donors (Lipinski definition) is 0. The second kappa shape index (κ2) is 7.02. The Bertz CT molecular complexity index is 785. The Labute approximate surface area is 146 Å². The van der Waals surface area contributed by atoms with Crippen molar-refractivity contribution in [2.75, 3.05) is 31.1 Å². The van der Waals surface area contributed by atoms with Gasteiger partial charge in [-0.1, -0.05) is 6.92 Å². The summed E-state index contributed by atoms with van der Waals surface area (Å²) in [5.74, 6) is 0.830. The quantitative estimate of drug-likeness (QED) is 0.862. The zero-order valence-corrected chi connectivity index (χ0v) is 14.8. The summed E-state index contributed by atoms with van der Waals surface area (Å²) in [5, 5.41) is 9.21. The van der Waals surface area contributed by atoms with Crippen LogP contribution in [0.4, 0.5) is 5.82 Å². The van der Waals surface area contributed by atoms with E-state index in [1.54, 1.807) is 29.7 Å². The molecule has 0 aliphatic carbocycles. The molecule has 1 aliphatic rings. The van der Waals surface area contributed by atoms with Gasteiger partial charge in [0.15, 0.2) is 0 Å². The van der Waals surface area contributed by atoms with Gasteiger partial charge in [0, 0.05) is 37.3 Å². The van der Waals surface area contributed by atoms with Gasteiger partial charge in [-0.3, -0.25) is 4.79 Å². The maximum atomic E-state index is 12.7. The highest BCUT2D eigenvalue weighted by atomic mass is 32.1. The fraction of sp³-hybridized carbons (Fsp3) is 0.389. The van der Waals surface area contributed by atoms with Crippen LogP contribution >= 0.6 is 11.3 Å². The van der Waals surface area contributed by atoms with Gasteiger partial charge < -0.3 is 9.80 Å². The standard InChI is InChI=1S/C18H20N4OS/c1-3-15-13(2)11-16(24-15)18(23)22-9-7-21(8-10-22)17-14(12-19)5-4-6-20-17/h4-6,11H,3,7-10H2,1-2H3. The normalized spacial score (nSPS) is 14.5. The number of nitrogens with zero attached hydrogens (tertiary/aromatic N) is 4. The van der Waals surface area contributed by atoms with Gasteiger partial charge in [0.05, 0.1) is 10.4 Å². The van der Waals surface area contributed by atoms with Crippen LogP contribution in [0.2, 0.25) is 0 Å². The summed E-state index contributed by atoms with van der Waals surface area (Å²) >= 11 is 1.60. The van der Waals surface area contributed by atoms with Crippen molar-refractivity contribution in [3.63, 3.8) is 0 Å². The minimum absolute atomic E-state index is 0.115. The van der Waals surface area contributed by atoms with E-state index in [1.165, 1.54) is 10.4 Å². The third-order valence-corrected chi connectivity index (χ3v) is 5.70. The summed E-state index contributed by atoms with van der Waals surface area (Å²) in [6.07, 6.45) is 2.67. The maximum Gasteiger partial charge on any atom is 0.264 e. The second-order valence-electron chi connectivity index (χ2n) is 5.84. The Kier molecular flexibility index (Phi) is 4.81. The van der Waals surface area contributed by atoms with Crippen molar-refractivity contribution < 1.29 is 4.79 Å². The van der Waals surface area contributed by atoms with E-state index in [0.717, 1.165) is 11.3 Å². The van der Waals surface area contributed by atoms with Crippen molar-refractivity contribution in [3.8, 4) is 6.07 Å². The van der Waals surface area contributed by atoms with Crippen LogP contribution in [0.1, 0.15) is 32.6 Å². The van der Waals surface area contributed by atoms with E-state index in [4.69, 9.17) is 0 Å². The minimum atomic E-state index is 0.115. The Morgan fingerprint density at radius 1 is 1.38 bits per heavy atom. The highest BCUT2D eigenvalue weighted by Crippen LogP contribution is 2.25. The number of amides is 1. The number of carbonyl (C=O) groups excluding carboxylic acids is 1. The van der Waals surface area contributed by atoms with Gasteiger partial charge in [-0.05, 0) is 37.1 Å². The number of nitriles is 1. The molecule has 2 aromatic heterocycles. The van der Waals surface area contributed by atoms with E-state index >= 15 is 0 Å². The molecule has 5 nitrogen and oxygen atoms in total. The maximum absolute atomic E-state index is 12.7. The van der Waals surface area contributed by atoms with Crippen LogP contribution in [0, 0.1) is 18.3 Å². The molecular formula is C18H20N4OS. The van der Waals surface area contributed by atoms with Crippen molar-refractivity contribution in [3.05, 3.63) is 45.3 Å². The molecule has 0 bridgehead atoms. The lowest BCUT2D eigenvalue weighted by molar-refractivity contribution is 0.0751. The molecule has 0 aromatic carbocycles. The number of pyridine rings is 1. The summed E-state index contributed by atoms with van der Waals surface area (Å²) < 4.78 is 0. The van der Waals surface area contributed by atoms with Crippen LogP contribution in [-0.4, -0.2) is 42.0 Å². The Morgan fingerprint density at radius 3 is 2.75 bits per heavy atom. The Balaban J connectivity index is 1.68. The van der Waals surface area contributed by atoms with Crippen LogP contribution in [0.15, 0.2) is 24.4 Å². The lowest BCUT2D eigenvalue weighted by Gasteiger charge is -2.35. The lowest BCUT2D eigenvalue weighted by atomic mass is 10.2. The molecule has 0 unspecified atom stereocenters. The molecule has 1 saturated heterocycles. The van der Waals surface area contributed by atoms with E-state index in [1.807, 2.05) is 11.0 Å². The summed E-state index contributed by atoms with van der Waals surface area (Å²) in [5.41, 5.74) is 1.79. The molecule has 3 rings (SSSR count). The van der Waals surface area contributed by atoms with Gasteiger partial charge in [-0.15, -0.1) is 11.3 Å². The van der Waals surface area contributed by atoms with Gasteiger partial charge in [0.25, 0.3) is 5.91 Å². The summed E-state index contributed by atoms with van der Waals surface area (Å²) in [6, 6.07) is 7.74. The smallest absolute Gasteiger partial charge is 0.264 e. The molecular weight excluding hydrogens is 320 g/mol. The number of aryl methyl sites for hydroxylation is 2. The first-order valence-electron chi connectivity index (χ1n) is 8.12. The zero-order valence-electron chi connectivity index (χ0n) is 14.0. The van der Waals surface area contributed by atoms with Gasteiger partial charge in [0.1, 0.15) is 11.9 Å². The lowest BCUT2D eigenvalue weighted by Crippen LogP contribution is -2.49. The largest absolute Gasteiger partial charge is 0.352 e. The highest BCUT2D eigenvalue weighted by Gasteiger charge is 2.25. The molecule has 3 heterocycles. The first-order valence-corrected chi connectivity index (χ1v) is 8.94. The van der Waals surface area contributed by atoms with Crippen LogP contribution in [0.25, 0.3) is 0 Å². The average Bonchev–Trinajstić information content (AvgIpc) is 3.02. The van der Waals surface area contributed by atoms with E-state index in [9.17, 15) is 10.1 Å². The highest BCUT2D eigenvalue weighted by molar-refractivity contribution is 7.14. The van der Waals surface area contributed by atoms with Crippen LogP contribution < -0.4 is 4.90 Å². The fourth-order valence-corrected chi connectivity index (χ4v) is 4.07.